The maximum atomic E-state index is 12.2. The van der Waals surface area contributed by atoms with E-state index in [1.807, 2.05) is 6.92 Å². The normalized spacial score (nSPS) is 11.6. The third-order valence-corrected chi connectivity index (χ3v) is 5.30. The van der Waals surface area contributed by atoms with Gasteiger partial charge in [0.25, 0.3) is 15.7 Å². The summed E-state index contributed by atoms with van der Waals surface area (Å²) in [5, 5.41) is 14.6. The number of hydrogen-bond donors (Lipinski definition) is 1. The Kier molecular flexibility index (Phi) is 5.48. The molecule has 0 saturated carbocycles. The van der Waals surface area contributed by atoms with Crippen LogP contribution in [0.15, 0.2) is 69.0 Å². The number of nitro benzene ring substituents is 1. The van der Waals surface area contributed by atoms with Crippen LogP contribution in [-0.2, 0) is 10.0 Å². The zero-order chi connectivity index (χ0) is 20.3. The largest absolute Gasteiger partial charge is 0.455 e. The molecule has 0 spiro atoms. The van der Waals surface area contributed by atoms with Crippen molar-refractivity contribution in [3.8, 4) is 11.3 Å². The van der Waals surface area contributed by atoms with Crippen LogP contribution in [0, 0.1) is 17.0 Å². The van der Waals surface area contributed by atoms with Crippen LogP contribution in [0.5, 0.6) is 0 Å². The molecule has 0 bridgehead atoms. The van der Waals surface area contributed by atoms with Crippen LogP contribution in [0.2, 0.25) is 5.02 Å². The van der Waals surface area contributed by atoms with Crippen LogP contribution in [0.25, 0.3) is 11.3 Å². The first kappa shape index (κ1) is 19.6. The highest BCUT2D eigenvalue weighted by Gasteiger charge is 2.14. The van der Waals surface area contributed by atoms with E-state index in [4.69, 9.17) is 16.0 Å². The molecule has 1 heterocycles. The number of nitrogens with one attached hydrogen (secondary N) is 1. The summed E-state index contributed by atoms with van der Waals surface area (Å²) in [4.78, 5) is 12.4. The van der Waals surface area contributed by atoms with E-state index in [1.165, 1.54) is 36.5 Å². The van der Waals surface area contributed by atoms with E-state index in [9.17, 15) is 18.5 Å². The van der Waals surface area contributed by atoms with Gasteiger partial charge in [0, 0.05) is 17.7 Å². The molecule has 3 aromatic rings. The lowest BCUT2D eigenvalue weighted by Gasteiger charge is -2.03. The molecule has 0 aliphatic heterocycles. The van der Waals surface area contributed by atoms with Gasteiger partial charge in [0.05, 0.1) is 21.1 Å². The molecule has 2 aromatic carbocycles. The van der Waals surface area contributed by atoms with Crippen LogP contribution >= 0.6 is 11.6 Å². The number of halogens is 1. The third-order valence-electron chi connectivity index (χ3n) is 3.75. The topological polar surface area (TPSA) is 115 Å². The van der Waals surface area contributed by atoms with Crippen molar-refractivity contribution in [3.05, 3.63) is 81.1 Å². The molecule has 0 radical (unpaired) electrons. The molecule has 0 aliphatic rings. The first-order valence-corrected chi connectivity index (χ1v) is 9.78. The van der Waals surface area contributed by atoms with Gasteiger partial charge < -0.3 is 4.42 Å². The van der Waals surface area contributed by atoms with Gasteiger partial charge in [0.15, 0.2) is 0 Å². The number of non-ortho nitro benzene ring substituents is 1. The first-order valence-electron chi connectivity index (χ1n) is 7.92. The lowest BCUT2D eigenvalue weighted by molar-refractivity contribution is -0.384. The SMILES string of the molecule is Cc1ccc(S(=O)(=O)N/N=C/c2ccc(-c3ccc([N+](=O)[O-])cc3Cl)o2)cc1. The van der Waals surface area contributed by atoms with E-state index in [1.54, 1.807) is 24.3 Å². The molecule has 0 saturated heterocycles. The molecule has 10 heteroatoms. The van der Waals surface area contributed by atoms with Gasteiger partial charge in [-0.1, -0.05) is 29.3 Å². The highest BCUT2D eigenvalue weighted by molar-refractivity contribution is 7.89. The number of nitro groups is 1. The van der Waals surface area contributed by atoms with Crippen molar-refractivity contribution in [2.24, 2.45) is 5.10 Å². The van der Waals surface area contributed by atoms with Gasteiger partial charge in [0.2, 0.25) is 0 Å². The summed E-state index contributed by atoms with van der Waals surface area (Å²) in [6, 6.07) is 13.5. The predicted octanol–water partition coefficient (Wildman–Crippen LogP) is 4.13. The Balaban J connectivity index is 1.74. The predicted molar refractivity (Wildman–Crippen MR) is 105 cm³/mol. The van der Waals surface area contributed by atoms with E-state index in [2.05, 4.69) is 9.93 Å². The number of aryl methyl sites for hydroxylation is 1. The maximum absolute atomic E-state index is 12.2. The number of sulfonamides is 1. The molecular formula is C18H14ClN3O5S. The van der Waals surface area contributed by atoms with Crippen LogP contribution in [0.4, 0.5) is 5.69 Å². The van der Waals surface area contributed by atoms with Crippen molar-refractivity contribution in [2.45, 2.75) is 11.8 Å². The standard InChI is InChI=1S/C18H14ClN3O5S/c1-12-2-6-15(7-3-12)28(25,26)21-20-11-14-5-9-18(27-14)16-8-4-13(22(23)24)10-17(16)19/h2-11,21H,1H3/b20-11+. The Hall–Kier alpha value is -3.17. The number of furan rings is 1. The fraction of sp³-hybridized carbons (Fsp3) is 0.0556. The highest BCUT2D eigenvalue weighted by Crippen LogP contribution is 2.32. The van der Waals surface area contributed by atoms with Gasteiger partial charge in [-0.3, -0.25) is 10.1 Å². The Morgan fingerprint density at radius 1 is 1.14 bits per heavy atom. The van der Waals surface area contributed by atoms with Crippen molar-refractivity contribution < 1.29 is 17.8 Å². The molecule has 0 fully saturated rings. The molecule has 3 rings (SSSR count). The molecule has 28 heavy (non-hydrogen) atoms. The Morgan fingerprint density at radius 3 is 2.50 bits per heavy atom. The summed E-state index contributed by atoms with van der Waals surface area (Å²) in [5.41, 5.74) is 1.27. The smallest absolute Gasteiger partial charge is 0.276 e. The minimum atomic E-state index is -3.79. The van der Waals surface area contributed by atoms with E-state index in [-0.39, 0.29) is 21.4 Å². The molecule has 0 aliphatic carbocycles. The lowest BCUT2D eigenvalue weighted by atomic mass is 10.1. The maximum Gasteiger partial charge on any atom is 0.276 e. The second-order valence-corrected chi connectivity index (χ2v) is 7.86. The molecular weight excluding hydrogens is 406 g/mol. The number of nitrogens with zero attached hydrogens (tertiary/aromatic N) is 2. The van der Waals surface area contributed by atoms with Gasteiger partial charge in [-0.2, -0.15) is 18.4 Å². The summed E-state index contributed by atoms with van der Waals surface area (Å²) in [6.45, 7) is 1.85. The molecule has 1 aromatic heterocycles. The Labute approximate surface area is 165 Å². The van der Waals surface area contributed by atoms with Crippen LogP contribution in [0.1, 0.15) is 11.3 Å². The quantitative estimate of drug-likeness (QED) is 0.366. The molecule has 1 N–H and O–H groups in total. The molecule has 0 atom stereocenters. The van der Waals surface area contributed by atoms with E-state index < -0.39 is 14.9 Å². The second kappa shape index (κ2) is 7.83. The van der Waals surface area contributed by atoms with Crippen molar-refractivity contribution in [1.29, 1.82) is 0 Å². The highest BCUT2D eigenvalue weighted by atomic mass is 35.5. The summed E-state index contributed by atoms with van der Waals surface area (Å²) in [5.74, 6) is 0.638. The average Bonchev–Trinajstić information content (AvgIpc) is 3.10. The van der Waals surface area contributed by atoms with Crippen molar-refractivity contribution >= 4 is 33.5 Å². The Bertz CT molecular complexity index is 1150. The third kappa shape index (κ3) is 4.38. The van der Waals surface area contributed by atoms with Crippen LogP contribution < -0.4 is 4.83 Å². The number of rotatable bonds is 6. The lowest BCUT2D eigenvalue weighted by Crippen LogP contribution is -2.18. The minimum absolute atomic E-state index is 0.0908. The monoisotopic (exact) mass is 419 g/mol. The molecule has 8 nitrogen and oxygen atoms in total. The second-order valence-electron chi connectivity index (χ2n) is 5.79. The molecule has 144 valence electrons. The first-order chi connectivity index (χ1) is 13.3. The Morgan fingerprint density at radius 2 is 1.86 bits per heavy atom. The van der Waals surface area contributed by atoms with Gasteiger partial charge in [-0.05, 0) is 37.3 Å². The number of hydrogen-bond acceptors (Lipinski definition) is 6. The summed E-state index contributed by atoms with van der Waals surface area (Å²) >= 11 is 6.07. The zero-order valence-electron chi connectivity index (χ0n) is 14.5. The van der Waals surface area contributed by atoms with Crippen molar-refractivity contribution in [3.63, 3.8) is 0 Å². The van der Waals surface area contributed by atoms with Gasteiger partial charge in [-0.25, -0.2) is 0 Å². The van der Waals surface area contributed by atoms with Gasteiger partial charge in [0.1, 0.15) is 11.5 Å². The van der Waals surface area contributed by atoms with E-state index in [0.717, 1.165) is 5.56 Å². The van der Waals surface area contributed by atoms with Crippen molar-refractivity contribution in [2.75, 3.05) is 0 Å². The molecule has 0 amide bonds. The summed E-state index contributed by atoms with van der Waals surface area (Å²) in [6.07, 6.45) is 1.20. The van der Waals surface area contributed by atoms with Crippen LogP contribution in [0.3, 0.4) is 0 Å². The number of benzene rings is 2. The summed E-state index contributed by atoms with van der Waals surface area (Å²) < 4.78 is 29.9. The average molecular weight is 420 g/mol. The zero-order valence-corrected chi connectivity index (χ0v) is 16.1. The van der Waals surface area contributed by atoms with Gasteiger partial charge >= 0.3 is 0 Å². The fourth-order valence-electron chi connectivity index (χ4n) is 2.31. The van der Waals surface area contributed by atoms with E-state index >= 15 is 0 Å². The summed E-state index contributed by atoms with van der Waals surface area (Å²) in [7, 11) is -3.79. The minimum Gasteiger partial charge on any atom is -0.455 e. The van der Waals surface area contributed by atoms with Crippen LogP contribution in [-0.4, -0.2) is 19.6 Å². The van der Waals surface area contributed by atoms with E-state index in [0.29, 0.717) is 11.3 Å². The molecule has 0 unspecified atom stereocenters. The fourth-order valence-corrected chi connectivity index (χ4v) is 3.37. The van der Waals surface area contributed by atoms with Gasteiger partial charge in [-0.15, -0.1) is 0 Å². The van der Waals surface area contributed by atoms with Crippen molar-refractivity contribution in [1.82, 2.24) is 4.83 Å². The number of hydrazone groups is 1.